The second-order valence-corrected chi connectivity index (χ2v) is 8.92. The van der Waals surface area contributed by atoms with Gasteiger partial charge >= 0.3 is 0 Å². The average Bonchev–Trinajstić information content (AvgIpc) is 2.86. The van der Waals surface area contributed by atoms with Crippen molar-refractivity contribution in [1.82, 2.24) is 9.88 Å². The third kappa shape index (κ3) is 3.68. The van der Waals surface area contributed by atoms with Crippen LogP contribution in [0.2, 0.25) is 0 Å². The quantitative estimate of drug-likeness (QED) is 0.780. The summed E-state index contributed by atoms with van der Waals surface area (Å²) in [7, 11) is 7.72. The van der Waals surface area contributed by atoms with Crippen molar-refractivity contribution in [3.63, 3.8) is 0 Å². The van der Waals surface area contributed by atoms with Crippen LogP contribution in [-0.2, 0) is 4.79 Å². The van der Waals surface area contributed by atoms with Crippen molar-refractivity contribution in [1.29, 1.82) is 0 Å². The van der Waals surface area contributed by atoms with Crippen LogP contribution in [0.3, 0.4) is 0 Å². The van der Waals surface area contributed by atoms with E-state index in [0.717, 1.165) is 49.9 Å². The monoisotopic (exact) mass is 352 g/mol. The topological polar surface area (TPSA) is 39.7 Å². The molecule has 1 amide bonds. The highest BCUT2D eigenvalue weighted by atomic mass is 31.1. The van der Waals surface area contributed by atoms with Crippen molar-refractivity contribution < 1.29 is 4.79 Å². The molecule has 0 aliphatic carbocycles. The first kappa shape index (κ1) is 17.1. The molecule has 0 spiro atoms. The molecule has 2 fully saturated rings. The molecular weight excluding hydrogens is 326 g/mol. The Labute approximate surface area is 143 Å². The molecular formula is C16H26N4OP2. The summed E-state index contributed by atoms with van der Waals surface area (Å²) in [6.07, 6.45) is 0.623. The number of piperazine rings is 1. The number of hydrogen-bond acceptors (Lipinski definition) is 4. The van der Waals surface area contributed by atoms with Crippen LogP contribution in [0.1, 0.15) is 24.3 Å². The van der Waals surface area contributed by atoms with E-state index in [9.17, 15) is 4.79 Å². The molecule has 3 unspecified atom stereocenters. The minimum absolute atomic E-state index is 0.192. The molecule has 3 heterocycles. The molecule has 0 radical (unpaired) electrons. The highest BCUT2D eigenvalue weighted by molar-refractivity contribution is 7.37. The predicted molar refractivity (Wildman–Crippen MR) is 102 cm³/mol. The molecule has 0 N–H and O–H groups in total. The predicted octanol–water partition coefficient (Wildman–Crippen LogP) is 1.96. The molecule has 7 heteroatoms. The Balaban J connectivity index is 1.92. The van der Waals surface area contributed by atoms with Gasteiger partial charge in [0.25, 0.3) is 0 Å². The molecule has 5 nitrogen and oxygen atoms in total. The average molecular weight is 352 g/mol. The number of likely N-dealkylation sites (N-methyl/N-ethyl adjacent to an activating group) is 1. The normalized spacial score (nSPS) is 23.2. The van der Waals surface area contributed by atoms with Gasteiger partial charge < -0.3 is 9.80 Å². The molecule has 1 aromatic heterocycles. The van der Waals surface area contributed by atoms with Gasteiger partial charge in [-0.15, -0.1) is 18.5 Å². The van der Waals surface area contributed by atoms with Crippen molar-refractivity contribution in [2.45, 2.75) is 18.7 Å². The van der Waals surface area contributed by atoms with E-state index in [1.807, 2.05) is 4.90 Å². The summed E-state index contributed by atoms with van der Waals surface area (Å²) >= 11 is 0. The van der Waals surface area contributed by atoms with E-state index in [2.05, 4.69) is 54.4 Å². The summed E-state index contributed by atoms with van der Waals surface area (Å²) < 4.78 is 0. The van der Waals surface area contributed by atoms with Crippen LogP contribution in [0.15, 0.2) is 12.1 Å². The molecule has 0 bridgehead atoms. The van der Waals surface area contributed by atoms with E-state index < -0.39 is 0 Å². The van der Waals surface area contributed by atoms with Gasteiger partial charge in [-0.05, 0) is 19.0 Å². The maximum Gasteiger partial charge on any atom is 0.228 e. The molecule has 2 aliphatic heterocycles. The Kier molecular flexibility index (Phi) is 5.20. The van der Waals surface area contributed by atoms with Crippen LogP contribution >= 0.6 is 18.5 Å². The van der Waals surface area contributed by atoms with Gasteiger partial charge in [0.05, 0.1) is 0 Å². The molecule has 23 heavy (non-hydrogen) atoms. The third-order valence-corrected chi connectivity index (χ3v) is 5.37. The summed E-state index contributed by atoms with van der Waals surface area (Å²) in [6, 6.07) is 4.21. The van der Waals surface area contributed by atoms with Crippen molar-refractivity contribution >= 4 is 36.0 Å². The van der Waals surface area contributed by atoms with Crippen LogP contribution in [0, 0.1) is 5.92 Å². The fraction of sp³-hybridized carbons (Fsp3) is 0.625. The zero-order valence-corrected chi connectivity index (χ0v) is 16.2. The summed E-state index contributed by atoms with van der Waals surface area (Å²) in [6.45, 7) is 6.96. The molecule has 2 aliphatic rings. The molecule has 3 rings (SSSR count). The minimum atomic E-state index is 0.192. The van der Waals surface area contributed by atoms with Crippen molar-refractivity contribution in [3.05, 3.63) is 17.7 Å². The van der Waals surface area contributed by atoms with Crippen LogP contribution in [0.25, 0.3) is 0 Å². The lowest BCUT2D eigenvalue weighted by Crippen LogP contribution is -2.45. The Bertz CT molecular complexity index is 587. The van der Waals surface area contributed by atoms with E-state index in [1.165, 1.54) is 0 Å². The summed E-state index contributed by atoms with van der Waals surface area (Å²) in [4.78, 5) is 23.8. The second-order valence-electron chi connectivity index (χ2n) is 6.71. The Morgan fingerprint density at radius 2 is 1.91 bits per heavy atom. The fourth-order valence-electron chi connectivity index (χ4n) is 3.23. The Morgan fingerprint density at radius 1 is 1.22 bits per heavy atom. The first-order valence-corrected chi connectivity index (χ1v) is 9.55. The summed E-state index contributed by atoms with van der Waals surface area (Å²) in [5.41, 5.74) is 1.10. The number of nitrogens with zero attached hydrogens (tertiary/aromatic N) is 4. The lowest BCUT2D eigenvalue weighted by atomic mass is 10.2. The summed E-state index contributed by atoms with van der Waals surface area (Å²) in [5, 5.41) is 0.197. The third-order valence-electron chi connectivity index (χ3n) is 4.65. The maximum atomic E-state index is 12.3. The van der Waals surface area contributed by atoms with Gasteiger partial charge in [0.2, 0.25) is 5.91 Å². The van der Waals surface area contributed by atoms with E-state index in [4.69, 9.17) is 4.98 Å². The number of aromatic nitrogens is 1. The van der Waals surface area contributed by atoms with E-state index in [0.29, 0.717) is 12.3 Å². The van der Waals surface area contributed by atoms with Gasteiger partial charge in [-0.2, -0.15) is 0 Å². The lowest BCUT2D eigenvalue weighted by Gasteiger charge is -2.34. The smallest absolute Gasteiger partial charge is 0.228 e. The first-order valence-electron chi connectivity index (χ1n) is 8.21. The number of carbonyl (C=O) groups excluding carboxylic acids is 1. The van der Waals surface area contributed by atoms with Gasteiger partial charge in [0.15, 0.2) is 0 Å². The van der Waals surface area contributed by atoms with Gasteiger partial charge in [0.1, 0.15) is 11.6 Å². The highest BCUT2D eigenvalue weighted by Crippen LogP contribution is 2.38. The van der Waals surface area contributed by atoms with Crippen LogP contribution < -0.4 is 9.80 Å². The van der Waals surface area contributed by atoms with E-state index >= 15 is 0 Å². The van der Waals surface area contributed by atoms with Crippen LogP contribution in [0.4, 0.5) is 11.6 Å². The van der Waals surface area contributed by atoms with Gasteiger partial charge in [-0.3, -0.25) is 9.69 Å². The van der Waals surface area contributed by atoms with E-state index in [-0.39, 0.29) is 11.3 Å². The Morgan fingerprint density at radius 3 is 2.48 bits per heavy atom. The molecule has 0 saturated carbocycles. The van der Waals surface area contributed by atoms with Crippen molar-refractivity contribution in [2.24, 2.45) is 5.92 Å². The van der Waals surface area contributed by atoms with Crippen LogP contribution in [0.5, 0.6) is 0 Å². The number of rotatable bonds is 3. The molecule has 2 saturated heterocycles. The highest BCUT2D eigenvalue weighted by Gasteiger charge is 2.31. The standard InChI is InChI=1S/C16H26N4OP2/c1-11-9-14(21)20(10-11)15-12(16(22)23)3-4-13(17-15)19-7-5-18(2)6-8-19/h3-4,11,16H,5-10,22-23H2,1-2H3. The zero-order valence-electron chi connectivity index (χ0n) is 13.9. The van der Waals surface area contributed by atoms with Gasteiger partial charge in [-0.25, -0.2) is 4.98 Å². The fourth-order valence-corrected chi connectivity index (χ4v) is 3.75. The van der Waals surface area contributed by atoms with Gasteiger partial charge in [0, 0.05) is 50.1 Å². The zero-order chi connectivity index (χ0) is 16.6. The largest absolute Gasteiger partial charge is 0.354 e. The summed E-state index contributed by atoms with van der Waals surface area (Å²) in [5.74, 6) is 2.42. The number of carbonyl (C=O) groups is 1. The van der Waals surface area contributed by atoms with Gasteiger partial charge in [-0.1, -0.05) is 13.0 Å². The number of anilines is 2. The lowest BCUT2D eigenvalue weighted by molar-refractivity contribution is -0.117. The Hall–Kier alpha value is -0.760. The van der Waals surface area contributed by atoms with Crippen LogP contribution in [-0.4, -0.2) is 55.6 Å². The second kappa shape index (κ2) is 7.01. The van der Waals surface area contributed by atoms with Crippen molar-refractivity contribution in [2.75, 3.05) is 49.6 Å². The first-order chi connectivity index (χ1) is 11.0. The maximum absolute atomic E-state index is 12.3. The number of amides is 1. The SMILES string of the molecule is CC1CC(=O)N(c2nc(N3CCN(C)CC3)ccc2C(P)P)C1. The molecule has 3 atom stereocenters. The molecule has 0 aromatic carbocycles. The van der Waals surface area contributed by atoms with Crippen molar-refractivity contribution in [3.8, 4) is 0 Å². The number of pyridine rings is 1. The molecule has 1 aromatic rings. The molecule has 126 valence electrons. The number of hydrogen-bond donors (Lipinski definition) is 0. The minimum Gasteiger partial charge on any atom is -0.354 e. The van der Waals surface area contributed by atoms with E-state index in [1.54, 1.807) is 0 Å².